The number of benzene rings is 2. The van der Waals surface area contributed by atoms with Gasteiger partial charge in [-0.25, -0.2) is 26.3 Å². The summed E-state index contributed by atoms with van der Waals surface area (Å²) in [5.41, 5.74) is -3.40. The Kier molecular flexibility index (Phi) is 8.10. The van der Waals surface area contributed by atoms with Gasteiger partial charge in [-0.2, -0.15) is 13.9 Å². The number of hydrogen-bond donors (Lipinski definition) is 2. The molecule has 1 atom stereocenters. The minimum atomic E-state index is -4.03. The molecule has 0 saturated heterocycles. The second-order valence-electron chi connectivity index (χ2n) is 11.1. The summed E-state index contributed by atoms with van der Waals surface area (Å²) in [7, 11) is 0. The number of rotatable bonds is 8. The predicted molar refractivity (Wildman–Crippen MR) is 153 cm³/mol. The van der Waals surface area contributed by atoms with Crippen LogP contribution in [0.1, 0.15) is 53.5 Å². The van der Waals surface area contributed by atoms with Gasteiger partial charge < -0.3 is 10.3 Å². The van der Waals surface area contributed by atoms with Crippen molar-refractivity contribution < 1.29 is 39.9 Å². The molecule has 244 valence electrons. The van der Waals surface area contributed by atoms with Crippen molar-refractivity contribution in [1.29, 1.82) is 0 Å². The number of hydrogen-bond acceptors (Lipinski definition) is 4. The minimum Gasteiger partial charge on any atom is -0.346 e. The maximum Gasteiger partial charge on any atom is 0.290 e. The number of amides is 1. The van der Waals surface area contributed by atoms with Crippen LogP contribution < -0.4 is 10.9 Å². The zero-order chi connectivity index (χ0) is 33.7. The lowest BCUT2D eigenvalue weighted by molar-refractivity contribution is -0.123. The molecular weight excluding hydrogens is 638 g/mol. The molecule has 7 nitrogen and oxygen atoms in total. The molecule has 3 aromatic heterocycles. The van der Waals surface area contributed by atoms with E-state index in [9.17, 15) is 44.7 Å². The van der Waals surface area contributed by atoms with Gasteiger partial charge in [-0.15, -0.1) is 0 Å². The number of alkyl halides is 6. The van der Waals surface area contributed by atoms with E-state index in [0.717, 1.165) is 12.1 Å². The van der Waals surface area contributed by atoms with Crippen molar-refractivity contribution >= 4 is 16.8 Å². The van der Waals surface area contributed by atoms with Gasteiger partial charge in [-0.3, -0.25) is 19.3 Å². The molecule has 2 aromatic carbocycles. The largest absolute Gasteiger partial charge is 0.346 e. The molecule has 3 heterocycles. The Morgan fingerprint density at radius 2 is 1.64 bits per heavy atom. The minimum absolute atomic E-state index is 0.0647. The summed E-state index contributed by atoms with van der Waals surface area (Å²) in [5, 5.41) is 6.55. The second kappa shape index (κ2) is 11.9. The van der Waals surface area contributed by atoms with Crippen LogP contribution >= 0.6 is 0 Å². The van der Waals surface area contributed by atoms with Crippen molar-refractivity contribution in [3.63, 3.8) is 0 Å². The summed E-state index contributed by atoms with van der Waals surface area (Å²) in [6, 6.07) is 12.6. The zero-order valence-corrected chi connectivity index (χ0v) is 24.0. The number of aromatic nitrogens is 4. The van der Waals surface area contributed by atoms with Crippen LogP contribution in [0.5, 0.6) is 0 Å². The van der Waals surface area contributed by atoms with Gasteiger partial charge in [-0.05, 0) is 53.3 Å². The molecule has 6 rings (SSSR count). The first-order valence-corrected chi connectivity index (χ1v) is 14.2. The summed E-state index contributed by atoms with van der Waals surface area (Å²) in [4.78, 5) is 32.4. The highest BCUT2D eigenvalue weighted by molar-refractivity contribution is 5.85. The topological polar surface area (TPSA) is 92.7 Å². The quantitative estimate of drug-likeness (QED) is 0.174. The molecule has 0 unspecified atom stereocenters. The lowest BCUT2D eigenvalue weighted by Crippen LogP contribution is -2.37. The maximum atomic E-state index is 14.9. The van der Waals surface area contributed by atoms with Crippen molar-refractivity contribution in [2.75, 3.05) is 0 Å². The average Bonchev–Trinajstić information content (AvgIpc) is 3.40. The van der Waals surface area contributed by atoms with Crippen LogP contribution in [-0.2, 0) is 29.6 Å². The van der Waals surface area contributed by atoms with E-state index in [1.807, 2.05) is 0 Å². The van der Waals surface area contributed by atoms with Gasteiger partial charge in [0.05, 0.1) is 17.3 Å². The van der Waals surface area contributed by atoms with Gasteiger partial charge in [0.2, 0.25) is 11.5 Å². The van der Waals surface area contributed by atoms with Gasteiger partial charge in [-0.1, -0.05) is 18.2 Å². The Balaban J connectivity index is 1.41. The molecule has 0 radical (unpaired) electrons. The summed E-state index contributed by atoms with van der Waals surface area (Å²) in [6.07, 6.45) is -5.29. The third-order valence-corrected chi connectivity index (χ3v) is 7.85. The summed E-state index contributed by atoms with van der Waals surface area (Å²) in [6.45, 7) is -1.16. The zero-order valence-electron chi connectivity index (χ0n) is 24.0. The van der Waals surface area contributed by atoms with Crippen molar-refractivity contribution in [1.82, 2.24) is 25.1 Å². The fraction of sp³-hybridized carbons (Fsp3) is 0.250. The molecular formula is C32H23F8N5O2. The fourth-order valence-corrected chi connectivity index (χ4v) is 5.85. The van der Waals surface area contributed by atoms with E-state index in [-0.39, 0.29) is 27.9 Å². The number of aromatic amines is 1. The van der Waals surface area contributed by atoms with Gasteiger partial charge in [0, 0.05) is 42.3 Å². The highest BCUT2D eigenvalue weighted by atomic mass is 19.3. The smallest absolute Gasteiger partial charge is 0.290 e. The van der Waals surface area contributed by atoms with Crippen LogP contribution in [0.2, 0.25) is 0 Å². The lowest BCUT2D eigenvalue weighted by atomic mass is 9.89. The molecule has 47 heavy (non-hydrogen) atoms. The monoisotopic (exact) mass is 661 g/mol. The van der Waals surface area contributed by atoms with Crippen molar-refractivity contribution in [2.24, 2.45) is 0 Å². The molecule has 0 fully saturated rings. The Bertz CT molecular complexity index is 2040. The van der Waals surface area contributed by atoms with Crippen molar-refractivity contribution in [3.05, 3.63) is 117 Å². The van der Waals surface area contributed by atoms with E-state index in [4.69, 9.17) is 0 Å². The first kappa shape index (κ1) is 31.9. The molecule has 0 bridgehead atoms. The van der Waals surface area contributed by atoms with Gasteiger partial charge >= 0.3 is 0 Å². The fourth-order valence-electron chi connectivity index (χ4n) is 5.85. The molecule has 1 aliphatic rings. The van der Waals surface area contributed by atoms with Crippen LogP contribution in [0.25, 0.3) is 22.0 Å². The number of pyridine rings is 2. The number of H-pyrrole nitrogens is 1. The van der Waals surface area contributed by atoms with E-state index in [1.54, 1.807) is 36.4 Å². The Morgan fingerprint density at radius 3 is 2.36 bits per heavy atom. The maximum absolute atomic E-state index is 14.9. The Hall–Kier alpha value is -5.08. The standard InChI is InChI=1S/C32H23F8N5O2/c33-19-10-16(11-20(34)14-19)12-23(27-21(2-1-9-41-27)18-4-3-17-5-6-24(46)42-22(17)13-18)43-25(47)15-45-29-26(28(44-45)30(35)36)31(37,38)7-8-32(29,39)40/h1-6,9-11,13-14,23,30H,7-8,12,15H2,(H,42,46)(H,43,47)/t23-/m0/s1. The number of halogens is 8. The molecule has 0 saturated carbocycles. The molecule has 0 aliphatic heterocycles. The third kappa shape index (κ3) is 6.33. The number of carbonyl (C=O) groups is 1. The van der Waals surface area contributed by atoms with Crippen LogP contribution in [0, 0.1) is 11.6 Å². The second-order valence-corrected chi connectivity index (χ2v) is 11.1. The van der Waals surface area contributed by atoms with Gasteiger partial charge in [0.15, 0.2) is 0 Å². The number of nitrogens with zero attached hydrogens (tertiary/aromatic N) is 3. The molecule has 1 amide bonds. The summed E-state index contributed by atoms with van der Waals surface area (Å²) >= 11 is 0. The van der Waals surface area contributed by atoms with Crippen LogP contribution in [0.4, 0.5) is 35.1 Å². The van der Waals surface area contributed by atoms with Crippen LogP contribution in [0.3, 0.4) is 0 Å². The average molecular weight is 662 g/mol. The summed E-state index contributed by atoms with van der Waals surface area (Å²) < 4.78 is 115. The highest BCUT2D eigenvalue weighted by Crippen LogP contribution is 2.52. The highest BCUT2D eigenvalue weighted by Gasteiger charge is 2.55. The summed E-state index contributed by atoms with van der Waals surface area (Å²) in [5.74, 6) is -11.0. The number of nitrogens with one attached hydrogen (secondary N) is 2. The molecule has 1 aliphatic carbocycles. The predicted octanol–water partition coefficient (Wildman–Crippen LogP) is 7.08. The van der Waals surface area contributed by atoms with Gasteiger partial charge in [0.25, 0.3) is 18.3 Å². The number of fused-ring (bicyclic) bond motifs is 2. The van der Waals surface area contributed by atoms with Crippen LogP contribution in [-0.4, -0.2) is 25.7 Å². The normalized spacial score (nSPS) is 15.9. The van der Waals surface area contributed by atoms with E-state index >= 15 is 0 Å². The molecule has 0 spiro atoms. The number of carbonyl (C=O) groups excluding carboxylic acids is 1. The van der Waals surface area contributed by atoms with Crippen molar-refractivity contribution in [3.8, 4) is 11.1 Å². The molecule has 5 aromatic rings. The Morgan fingerprint density at radius 1 is 0.936 bits per heavy atom. The van der Waals surface area contributed by atoms with Crippen LogP contribution in [0.15, 0.2) is 71.7 Å². The SMILES string of the molecule is O=C(Cn1nc(C(F)F)c2c1C(F)(F)CCC2(F)F)N[C@@H](Cc1cc(F)cc(F)c1)c1ncccc1-c1ccc2ccc(=O)[nH]c2c1. The van der Waals surface area contributed by atoms with E-state index in [2.05, 4.69) is 20.4 Å². The van der Waals surface area contributed by atoms with Gasteiger partial charge in [0.1, 0.15) is 29.6 Å². The third-order valence-electron chi connectivity index (χ3n) is 7.85. The molecule has 2 N–H and O–H groups in total. The Labute approximate surface area is 260 Å². The lowest BCUT2D eigenvalue weighted by Gasteiger charge is -2.29. The molecule has 15 heteroatoms. The van der Waals surface area contributed by atoms with E-state index in [1.165, 1.54) is 12.3 Å². The first-order chi connectivity index (χ1) is 22.2. The van der Waals surface area contributed by atoms with E-state index in [0.29, 0.717) is 28.1 Å². The van der Waals surface area contributed by atoms with E-state index < -0.39 is 78.2 Å². The van der Waals surface area contributed by atoms with Crippen molar-refractivity contribution in [2.45, 2.75) is 50.1 Å². The first-order valence-electron chi connectivity index (χ1n) is 14.2.